The maximum absolute atomic E-state index is 13.4. The van der Waals surface area contributed by atoms with Crippen molar-refractivity contribution in [2.24, 2.45) is 0 Å². The number of ether oxygens (including phenoxy) is 1. The number of piperazine rings is 1. The average molecular weight is 454 g/mol. The summed E-state index contributed by atoms with van der Waals surface area (Å²) in [6.07, 6.45) is 2.66. The van der Waals surface area contributed by atoms with E-state index in [1.54, 1.807) is 19.1 Å². The second-order valence-electron chi connectivity index (χ2n) is 8.59. The Hall–Kier alpha value is -1.18. The van der Waals surface area contributed by atoms with Gasteiger partial charge in [0.15, 0.2) is 0 Å². The van der Waals surface area contributed by atoms with Crippen LogP contribution in [0.2, 0.25) is 10.0 Å². The summed E-state index contributed by atoms with van der Waals surface area (Å²) in [6.45, 7) is 6.61. The van der Waals surface area contributed by atoms with Gasteiger partial charge in [-0.2, -0.15) is 0 Å². The molecule has 3 aliphatic heterocycles. The molecule has 1 aromatic carbocycles. The molecule has 0 spiro atoms. The first kappa shape index (κ1) is 22.0. The summed E-state index contributed by atoms with van der Waals surface area (Å²) in [5.41, 5.74) is 0.863. The predicted molar refractivity (Wildman–Crippen MR) is 117 cm³/mol. The van der Waals surface area contributed by atoms with E-state index in [9.17, 15) is 9.59 Å². The zero-order valence-electron chi connectivity index (χ0n) is 17.4. The molecule has 1 unspecified atom stereocenters. The SMILES string of the molecule is CC(=O)CN1CCN(C(=O)Cc2ccc(Cl)c(Cl)c2)[C@H]2C1COC[C@@H]2N1CCCC1. The minimum atomic E-state index is 0.0280. The van der Waals surface area contributed by atoms with E-state index in [0.29, 0.717) is 49.3 Å². The maximum atomic E-state index is 13.4. The zero-order chi connectivity index (χ0) is 21.3. The Kier molecular flexibility index (Phi) is 7.00. The van der Waals surface area contributed by atoms with E-state index in [4.69, 9.17) is 27.9 Å². The molecule has 0 aliphatic carbocycles. The summed E-state index contributed by atoms with van der Waals surface area (Å²) in [5.74, 6) is 0.240. The number of hydrogen-bond acceptors (Lipinski definition) is 5. The van der Waals surface area contributed by atoms with Crippen molar-refractivity contribution in [3.8, 4) is 0 Å². The van der Waals surface area contributed by atoms with Gasteiger partial charge in [-0.15, -0.1) is 0 Å². The second-order valence-corrected chi connectivity index (χ2v) is 9.41. The van der Waals surface area contributed by atoms with Crippen molar-refractivity contribution >= 4 is 34.9 Å². The van der Waals surface area contributed by atoms with Gasteiger partial charge in [-0.05, 0) is 50.6 Å². The molecule has 8 heteroatoms. The zero-order valence-corrected chi connectivity index (χ0v) is 18.9. The van der Waals surface area contributed by atoms with Crippen LogP contribution in [0.5, 0.6) is 0 Å². The van der Waals surface area contributed by atoms with Gasteiger partial charge in [-0.3, -0.25) is 19.4 Å². The second kappa shape index (κ2) is 9.53. The summed E-state index contributed by atoms with van der Waals surface area (Å²) in [4.78, 5) is 32.0. The number of carbonyl (C=O) groups is 2. The predicted octanol–water partition coefficient (Wildman–Crippen LogP) is 2.50. The van der Waals surface area contributed by atoms with E-state index >= 15 is 0 Å². The third-order valence-electron chi connectivity index (χ3n) is 6.52. The Morgan fingerprint density at radius 2 is 1.77 bits per heavy atom. The van der Waals surface area contributed by atoms with Crippen LogP contribution in [0.15, 0.2) is 18.2 Å². The summed E-state index contributed by atoms with van der Waals surface area (Å²) in [6, 6.07) is 5.60. The van der Waals surface area contributed by atoms with E-state index < -0.39 is 0 Å². The van der Waals surface area contributed by atoms with Gasteiger partial charge in [0.25, 0.3) is 0 Å². The number of amides is 1. The fourth-order valence-corrected chi connectivity index (χ4v) is 5.47. The first-order valence-corrected chi connectivity index (χ1v) is 11.5. The Labute approximate surface area is 188 Å². The number of rotatable bonds is 5. The maximum Gasteiger partial charge on any atom is 0.227 e. The largest absolute Gasteiger partial charge is 0.378 e. The van der Waals surface area contributed by atoms with Crippen molar-refractivity contribution in [3.05, 3.63) is 33.8 Å². The van der Waals surface area contributed by atoms with E-state index in [1.165, 1.54) is 12.8 Å². The molecule has 30 heavy (non-hydrogen) atoms. The number of Topliss-reactive ketones (excluding diaryl/α,β-unsaturated/α-hetero) is 1. The van der Waals surface area contributed by atoms with Gasteiger partial charge in [0.2, 0.25) is 5.91 Å². The average Bonchev–Trinajstić information content (AvgIpc) is 3.25. The Balaban J connectivity index is 1.57. The Morgan fingerprint density at radius 1 is 1.03 bits per heavy atom. The molecule has 1 amide bonds. The quantitative estimate of drug-likeness (QED) is 0.685. The third kappa shape index (κ3) is 4.68. The Morgan fingerprint density at radius 3 is 2.47 bits per heavy atom. The lowest BCUT2D eigenvalue weighted by Crippen LogP contribution is -2.71. The number of hydrogen-bond donors (Lipinski definition) is 0. The molecule has 3 fully saturated rings. The third-order valence-corrected chi connectivity index (χ3v) is 7.26. The van der Waals surface area contributed by atoms with Crippen LogP contribution in [0.25, 0.3) is 0 Å². The van der Waals surface area contributed by atoms with E-state index in [0.717, 1.165) is 18.7 Å². The number of halogens is 2. The van der Waals surface area contributed by atoms with Gasteiger partial charge in [-0.25, -0.2) is 0 Å². The van der Waals surface area contributed by atoms with Crippen LogP contribution in [0.1, 0.15) is 25.3 Å². The molecule has 164 valence electrons. The lowest BCUT2D eigenvalue weighted by Gasteiger charge is -2.54. The molecule has 3 heterocycles. The van der Waals surface area contributed by atoms with Crippen LogP contribution >= 0.6 is 23.2 Å². The molecule has 4 rings (SSSR count). The number of likely N-dealkylation sites (tertiary alicyclic amines) is 1. The van der Waals surface area contributed by atoms with Crippen LogP contribution in [-0.4, -0.2) is 90.5 Å². The van der Waals surface area contributed by atoms with Gasteiger partial charge < -0.3 is 9.64 Å². The lowest BCUT2D eigenvalue weighted by molar-refractivity contribution is -0.153. The number of carbonyl (C=O) groups excluding carboxylic acids is 2. The number of fused-ring (bicyclic) bond motifs is 1. The normalized spacial score (nSPS) is 27.8. The van der Waals surface area contributed by atoms with Crippen molar-refractivity contribution in [1.82, 2.24) is 14.7 Å². The van der Waals surface area contributed by atoms with Gasteiger partial charge in [-0.1, -0.05) is 29.3 Å². The molecule has 3 aliphatic rings. The van der Waals surface area contributed by atoms with Crippen LogP contribution in [0.4, 0.5) is 0 Å². The van der Waals surface area contributed by atoms with Gasteiger partial charge in [0.1, 0.15) is 5.78 Å². The van der Waals surface area contributed by atoms with Crippen LogP contribution in [0.3, 0.4) is 0 Å². The highest BCUT2D eigenvalue weighted by Gasteiger charge is 2.47. The van der Waals surface area contributed by atoms with Gasteiger partial charge >= 0.3 is 0 Å². The van der Waals surface area contributed by atoms with E-state index in [2.05, 4.69) is 9.80 Å². The van der Waals surface area contributed by atoms with Crippen molar-refractivity contribution in [3.63, 3.8) is 0 Å². The molecular formula is C22H29Cl2N3O3. The van der Waals surface area contributed by atoms with E-state index in [1.807, 2.05) is 11.0 Å². The molecule has 0 bridgehead atoms. The van der Waals surface area contributed by atoms with E-state index in [-0.39, 0.29) is 29.8 Å². The summed E-state index contributed by atoms with van der Waals surface area (Å²) in [7, 11) is 0. The van der Waals surface area contributed by atoms with Crippen molar-refractivity contribution in [2.45, 2.75) is 44.3 Å². The Bertz CT molecular complexity index is 800. The van der Waals surface area contributed by atoms with Gasteiger partial charge in [0, 0.05) is 13.1 Å². The number of nitrogens with zero attached hydrogens (tertiary/aromatic N) is 3. The highest BCUT2D eigenvalue weighted by molar-refractivity contribution is 6.42. The molecule has 0 aromatic heterocycles. The highest BCUT2D eigenvalue weighted by Crippen LogP contribution is 2.30. The minimum Gasteiger partial charge on any atom is -0.378 e. The molecular weight excluding hydrogens is 425 g/mol. The molecule has 0 radical (unpaired) electrons. The smallest absolute Gasteiger partial charge is 0.227 e. The van der Waals surface area contributed by atoms with Crippen molar-refractivity contribution in [2.75, 3.05) is 45.9 Å². The lowest BCUT2D eigenvalue weighted by atomic mass is 9.90. The molecule has 0 saturated carbocycles. The number of ketones is 1. The first-order chi connectivity index (χ1) is 14.4. The van der Waals surface area contributed by atoms with Crippen molar-refractivity contribution < 1.29 is 14.3 Å². The standard InChI is InChI=1S/C22H29Cl2N3O3/c1-15(28)12-26-8-9-27(21(29)11-16-4-5-17(23)18(24)10-16)22-19(13-30-14-20(22)26)25-6-2-3-7-25/h4-5,10,19-20,22H,2-3,6-9,11-14H2,1H3/t19-,20?,22+/m0/s1. The van der Waals surface area contributed by atoms with Crippen LogP contribution < -0.4 is 0 Å². The number of benzene rings is 1. The first-order valence-electron chi connectivity index (χ1n) is 10.7. The van der Waals surface area contributed by atoms with Crippen molar-refractivity contribution in [1.29, 1.82) is 0 Å². The van der Waals surface area contributed by atoms with Gasteiger partial charge in [0.05, 0.1) is 54.4 Å². The van der Waals surface area contributed by atoms with Crippen LogP contribution in [-0.2, 0) is 20.7 Å². The molecule has 3 saturated heterocycles. The summed E-state index contributed by atoms with van der Waals surface area (Å²) in [5, 5.41) is 0.955. The molecule has 6 nitrogen and oxygen atoms in total. The fourth-order valence-electron chi connectivity index (χ4n) is 5.14. The molecule has 3 atom stereocenters. The fraction of sp³-hybridized carbons (Fsp3) is 0.636. The highest BCUT2D eigenvalue weighted by atomic mass is 35.5. The summed E-state index contributed by atoms with van der Waals surface area (Å²) < 4.78 is 5.99. The molecule has 0 N–H and O–H groups in total. The van der Waals surface area contributed by atoms with Crippen LogP contribution in [0, 0.1) is 0 Å². The molecule has 1 aromatic rings. The minimum absolute atomic E-state index is 0.0280. The summed E-state index contributed by atoms with van der Waals surface area (Å²) >= 11 is 12.2. The monoisotopic (exact) mass is 453 g/mol. The topological polar surface area (TPSA) is 53.1 Å².